The van der Waals surface area contributed by atoms with Crippen molar-refractivity contribution in [2.75, 3.05) is 18.1 Å². The quantitative estimate of drug-likeness (QED) is 0.130. The number of ether oxygens (including phenoxy) is 2. The number of hydrogen-bond donors (Lipinski definition) is 1. The van der Waals surface area contributed by atoms with Crippen molar-refractivity contribution in [2.45, 2.75) is 13.0 Å². The monoisotopic (exact) mass is 529 g/mol. The maximum Gasteiger partial charge on any atom is 0.301 e. The smallest absolute Gasteiger partial charge is 0.301 e. The fourth-order valence-corrected chi connectivity index (χ4v) is 5.71. The maximum absolute atomic E-state index is 13.5. The van der Waals surface area contributed by atoms with Gasteiger partial charge < -0.3 is 14.6 Å². The van der Waals surface area contributed by atoms with Crippen LogP contribution in [0.1, 0.15) is 22.7 Å². The first-order valence-corrected chi connectivity index (χ1v) is 12.5. The molecule has 2 aliphatic heterocycles. The Morgan fingerprint density at radius 3 is 2.66 bits per heavy atom. The largest absolute Gasteiger partial charge is 0.507 e. The van der Waals surface area contributed by atoms with Crippen LogP contribution < -0.4 is 14.4 Å². The van der Waals surface area contributed by atoms with E-state index in [-0.39, 0.29) is 27.5 Å². The molecule has 0 radical (unpaired) electrons. The normalized spacial score (nSPS) is 18.2. The number of nitro benzene ring substituents is 1. The summed E-state index contributed by atoms with van der Waals surface area (Å²) in [6, 6.07) is 14.8. The number of fused-ring (bicyclic) bond motifs is 2. The lowest BCUT2D eigenvalue weighted by molar-refractivity contribution is -0.384. The van der Waals surface area contributed by atoms with Crippen LogP contribution in [-0.2, 0) is 9.59 Å². The Kier molecular flexibility index (Phi) is 5.57. The Labute approximate surface area is 219 Å². The second-order valence-electron chi connectivity index (χ2n) is 8.85. The van der Waals surface area contributed by atoms with E-state index in [4.69, 9.17) is 9.47 Å². The number of aliphatic hydroxyl groups excluding tert-OH is 1. The Morgan fingerprint density at radius 2 is 1.87 bits per heavy atom. The fourth-order valence-electron chi connectivity index (χ4n) is 4.62. The van der Waals surface area contributed by atoms with Gasteiger partial charge >= 0.3 is 5.91 Å². The molecule has 1 saturated heterocycles. The zero-order valence-electron chi connectivity index (χ0n) is 19.9. The number of rotatable bonds is 4. The Balaban J connectivity index is 1.56. The maximum atomic E-state index is 13.5. The Morgan fingerprint density at radius 1 is 1.08 bits per heavy atom. The topological polar surface area (TPSA) is 132 Å². The molecule has 1 amide bonds. The highest BCUT2D eigenvalue weighted by atomic mass is 32.1. The number of hydrogen-bond acceptors (Lipinski definition) is 9. The molecule has 6 rings (SSSR count). The number of benzene rings is 3. The number of carbonyl (C=O) groups is 2. The number of thiazole rings is 1. The summed E-state index contributed by atoms with van der Waals surface area (Å²) in [5.41, 5.74) is 1.75. The average molecular weight is 530 g/mol. The van der Waals surface area contributed by atoms with Crippen molar-refractivity contribution in [3.8, 4) is 11.5 Å². The van der Waals surface area contributed by atoms with Gasteiger partial charge in [-0.3, -0.25) is 24.6 Å². The summed E-state index contributed by atoms with van der Waals surface area (Å²) in [5, 5.41) is 23.2. The second kappa shape index (κ2) is 8.96. The zero-order valence-corrected chi connectivity index (χ0v) is 20.7. The third-order valence-electron chi connectivity index (χ3n) is 6.40. The molecule has 38 heavy (non-hydrogen) atoms. The highest BCUT2D eigenvalue weighted by Crippen LogP contribution is 2.45. The van der Waals surface area contributed by atoms with Crippen molar-refractivity contribution in [2.24, 2.45) is 0 Å². The van der Waals surface area contributed by atoms with Crippen LogP contribution in [0.15, 0.2) is 66.2 Å². The minimum Gasteiger partial charge on any atom is -0.507 e. The number of carbonyl (C=O) groups excluding carboxylic acids is 2. The third-order valence-corrected chi connectivity index (χ3v) is 7.41. The number of aryl methyl sites for hydroxylation is 1. The van der Waals surface area contributed by atoms with Crippen LogP contribution in [-0.4, -0.2) is 39.9 Å². The van der Waals surface area contributed by atoms with Crippen LogP contribution >= 0.6 is 11.3 Å². The molecule has 1 fully saturated rings. The Bertz CT molecular complexity index is 1690. The van der Waals surface area contributed by atoms with E-state index in [9.17, 15) is 24.8 Å². The molecular formula is C27H19N3O7S. The lowest BCUT2D eigenvalue weighted by atomic mass is 9.95. The first kappa shape index (κ1) is 23.6. The Hall–Kier alpha value is -4.77. The van der Waals surface area contributed by atoms with Gasteiger partial charge in [0.1, 0.15) is 19.0 Å². The molecule has 1 unspecified atom stereocenters. The van der Waals surface area contributed by atoms with Crippen molar-refractivity contribution in [3.63, 3.8) is 0 Å². The lowest BCUT2D eigenvalue weighted by Gasteiger charge is -2.23. The van der Waals surface area contributed by atoms with Gasteiger partial charge in [-0.25, -0.2) is 4.98 Å². The number of aliphatic hydroxyl groups is 1. The van der Waals surface area contributed by atoms with Crippen molar-refractivity contribution >= 4 is 49.8 Å². The molecule has 4 aromatic rings. The van der Waals surface area contributed by atoms with Crippen LogP contribution in [0.3, 0.4) is 0 Å². The SMILES string of the molecule is Cc1ccc2nc(N3C(=O)C(=O)/C(=C(\O)c4ccc5c(c4)OCCO5)C3c3cccc([N+](=O)[O-])c3)sc2c1. The van der Waals surface area contributed by atoms with Crippen LogP contribution in [0.4, 0.5) is 10.8 Å². The number of Topliss-reactive ketones (excluding diaryl/α,β-unsaturated/α-hetero) is 1. The summed E-state index contributed by atoms with van der Waals surface area (Å²) in [4.78, 5) is 43.6. The van der Waals surface area contributed by atoms with Gasteiger partial charge in [-0.05, 0) is 48.4 Å². The molecule has 10 nitrogen and oxygen atoms in total. The summed E-state index contributed by atoms with van der Waals surface area (Å²) in [6.07, 6.45) is 0. The first-order valence-electron chi connectivity index (χ1n) is 11.6. The van der Waals surface area contributed by atoms with Crippen molar-refractivity contribution < 1.29 is 29.1 Å². The molecule has 1 atom stereocenters. The van der Waals surface area contributed by atoms with Gasteiger partial charge in [0.2, 0.25) is 0 Å². The minimum absolute atomic E-state index is 0.206. The standard InChI is InChI=1S/C27H19N3O7S/c1-14-5-7-18-21(11-14)38-27(28-18)29-23(15-3-2-4-17(12-15)30(34)35)22(25(32)26(29)33)24(31)16-6-8-19-20(13-16)37-10-9-36-19/h2-8,11-13,23,31H,9-10H2,1H3/b24-22-. The van der Waals surface area contributed by atoms with Crippen molar-refractivity contribution in [1.29, 1.82) is 0 Å². The van der Waals surface area contributed by atoms with Crippen molar-refractivity contribution in [3.05, 3.63) is 93.0 Å². The molecule has 190 valence electrons. The molecular weight excluding hydrogens is 510 g/mol. The predicted molar refractivity (Wildman–Crippen MR) is 140 cm³/mol. The van der Waals surface area contributed by atoms with E-state index in [0.717, 1.165) is 10.3 Å². The van der Waals surface area contributed by atoms with Crippen molar-refractivity contribution in [1.82, 2.24) is 4.98 Å². The van der Waals surface area contributed by atoms with E-state index in [1.54, 1.807) is 18.2 Å². The molecule has 3 heterocycles. The molecule has 1 aromatic heterocycles. The van der Waals surface area contributed by atoms with Crippen LogP contribution in [0.5, 0.6) is 11.5 Å². The fraction of sp³-hybridized carbons (Fsp3) is 0.148. The number of anilines is 1. The van der Waals surface area contributed by atoms with Crippen LogP contribution in [0.25, 0.3) is 16.0 Å². The molecule has 2 aliphatic rings. The summed E-state index contributed by atoms with van der Waals surface area (Å²) in [5.74, 6) is -1.37. The summed E-state index contributed by atoms with van der Waals surface area (Å²) < 4.78 is 12.0. The molecule has 0 saturated carbocycles. The molecule has 1 N–H and O–H groups in total. The van der Waals surface area contributed by atoms with E-state index >= 15 is 0 Å². The molecule has 0 bridgehead atoms. The van der Waals surface area contributed by atoms with Crippen LogP contribution in [0.2, 0.25) is 0 Å². The number of nitrogens with zero attached hydrogens (tertiary/aromatic N) is 3. The highest BCUT2D eigenvalue weighted by molar-refractivity contribution is 7.22. The predicted octanol–water partition coefficient (Wildman–Crippen LogP) is 4.91. The lowest BCUT2D eigenvalue weighted by Crippen LogP contribution is -2.29. The zero-order chi connectivity index (χ0) is 26.6. The third kappa shape index (κ3) is 3.84. The summed E-state index contributed by atoms with van der Waals surface area (Å²) in [7, 11) is 0. The molecule has 0 spiro atoms. The molecule has 11 heteroatoms. The van der Waals surface area contributed by atoms with Gasteiger partial charge in [0.15, 0.2) is 16.6 Å². The molecule has 0 aliphatic carbocycles. The minimum atomic E-state index is -1.15. The van der Waals surface area contributed by atoms with Gasteiger partial charge in [-0.1, -0.05) is 29.5 Å². The summed E-state index contributed by atoms with van der Waals surface area (Å²) >= 11 is 1.22. The van der Waals surface area contributed by atoms with E-state index in [1.165, 1.54) is 40.5 Å². The average Bonchev–Trinajstić information content (AvgIpc) is 3.45. The first-order chi connectivity index (χ1) is 18.3. The van der Waals surface area contributed by atoms with E-state index < -0.39 is 28.4 Å². The number of ketones is 1. The second-order valence-corrected chi connectivity index (χ2v) is 9.86. The highest BCUT2D eigenvalue weighted by Gasteiger charge is 2.48. The number of nitro groups is 1. The molecule has 3 aromatic carbocycles. The van der Waals surface area contributed by atoms with E-state index in [2.05, 4.69) is 4.98 Å². The van der Waals surface area contributed by atoms with Gasteiger partial charge in [-0.2, -0.15) is 0 Å². The van der Waals surface area contributed by atoms with Gasteiger partial charge in [-0.15, -0.1) is 0 Å². The summed E-state index contributed by atoms with van der Waals surface area (Å²) in [6.45, 7) is 2.64. The van der Waals surface area contributed by atoms with Crippen LogP contribution in [0, 0.1) is 17.0 Å². The number of amides is 1. The van der Waals surface area contributed by atoms with E-state index in [1.807, 2.05) is 25.1 Å². The number of non-ortho nitro benzene ring substituents is 1. The van der Waals surface area contributed by atoms with E-state index in [0.29, 0.717) is 30.2 Å². The van der Waals surface area contributed by atoms with Gasteiger partial charge in [0, 0.05) is 17.7 Å². The van der Waals surface area contributed by atoms with Gasteiger partial charge in [0.25, 0.3) is 11.5 Å². The number of aromatic nitrogens is 1. The van der Waals surface area contributed by atoms with Gasteiger partial charge in [0.05, 0.1) is 26.8 Å².